The summed E-state index contributed by atoms with van der Waals surface area (Å²) >= 11 is 0. The van der Waals surface area contributed by atoms with Gasteiger partial charge in [-0.3, -0.25) is 14.1 Å². The molecule has 1 aliphatic rings. The minimum absolute atomic E-state index is 0.104. The second kappa shape index (κ2) is 7.57. The van der Waals surface area contributed by atoms with Crippen LogP contribution in [0.2, 0.25) is 0 Å². The molecule has 1 amide bonds. The molecule has 0 radical (unpaired) electrons. The number of rotatable bonds is 6. The number of hydrogen-bond donors (Lipinski definition) is 1. The molecule has 1 aliphatic heterocycles. The summed E-state index contributed by atoms with van der Waals surface area (Å²) in [5, 5.41) is 2.95. The molecule has 0 atom stereocenters. The zero-order chi connectivity index (χ0) is 16.1. The van der Waals surface area contributed by atoms with Crippen LogP contribution in [-0.2, 0) is 11.3 Å². The first-order valence-electron chi connectivity index (χ1n) is 8.34. The molecule has 3 heterocycles. The molecular weight excluding hydrogens is 292 g/mol. The van der Waals surface area contributed by atoms with Gasteiger partial charge in [0.1, 0.15) is 0 Å². The molecule has 124 valence electrons. The first-order valence-corrected chi connectivity index (χ1v) is 8.34. The van der Waals surface area contributed by atoms with Crippen LogP contribution in [0.25, 0.3) is 5.52 Å². The van der Waals surface area contributed by atoms with Gasteiger partial charge >= 0.3 is 0 Å². The van der Waals surface area contributed by atoms with Crippen LogP contribution < -0.4 is 5.32 Å². The van der Waals surface area contributed by atoms with Crippen LogP contribution in [0.1, 0.15) is 36.1 Å². The summed E-state index contributed by atoms with van der Waals surface area (Å²) in [6.07, 6.45) is 3.94. The Kier molecular flexibility index (Phi) is 5.25. The Bertz CT molecular complexity index is 662. The zero-order valence-electron chi connectivity index (χ0n) is 13.6. The summed E-state index contributed by atoms with van der Waals surface area (Å²) in [5.74, 6) is 0.368. The number of nitrogens with zero attached hydrogens (tertiary/aromatic N) is 3. The number of amides is 1. The maximum absolute atomic E-state index is 12.4. The van der Waals surface area contributed by atoms with Gasteiger partial charge in [0.25, 0.3) is 5.91 Å². The number of carbonyl (C=O) groups is 1. The number of fused-ring (bicyclic) bond motifs is 1. The fraction of sp³-hybridized carbons (Fsp3) is 0.529. The Balaban J connectivity index is 1.82. The van der Waals surface area contributed by atoms with Crippen LogP contribution in [0.3, 0.4) is 0 Å². The van der Waals surface area contributed by atoms with E-state index in [9.17, 15) is 4.79 Å². The van der Waals surface area contributed by atoms with Gasteiger partial charge < -0.3 is 10.1 Å². The van der Waals surface area contributed by atoms with Crippen LogP contribution in [0.4, 0.5) is 0 Å². The van der Waals surface area contributed by atoms with Gasteiger partial charge in [-0.15, -0.1) is 0 Å². The van der Waals surface area contributed by atoms with E-state index in [1.54, 1.807) is 0 Å². The Hall–Kier alpha value is -1.92. The number of hydrogen-bond acceptors (Lipinski definition) is 4. The number of pyridine rings is 1. The van der Waals surface area contributed by atoms with Crippen LogP contribution in [0.5, 0.6) is 0 Å². The fourth-order valence-corrected chi connectivity index (χ4v) is 2.81. The summed E-state index contributed by atoms with van der Waals surface area (Å²) in [4.78, 5) is 19.4. The summed E-state index contributed by atoms with van der Waals surface area (Å²) in [6.45, 7) is 6.88. The largest absolute Gasteiger partial charge is 0.379 e. The summed E-state index contributed by atoms with van der Waals surface area (Å²) < 4.78 is 7.28. The number of unbranched alkanes of at least 4 members (excludes halogenated alkanes) is 1. The second-order valence-corrected chi connectivity index (χ2v) is 5.84. The highest BCUT2D eigenvalue weighted by Crippen LogP contribution is 2.16. The zero-order valence-corrected chi connectivity index (χ0v) is 13.6. The maximum Gasteiger partial charge on any atom is 0.287 e. The predicted octanol–water partition coefficient (Wildman–Crippen LogP) is 1.70. The second-order valence-electron chi connectivity index (χ2n) is 5.84. The van der Waals surface area contributed by atoms with Gasteiger partial charge in [0.05, 0.1) is 24.4 Å². The summed E-state index contributed by atoms with van der Waals surface area (Å²) in [7, 11) is 0. The Labute approximate surface area is 136 Å². The predicted molar refractivity (Wildman–Crippen MR) is 88.5 cm³/mol. The van der Waals surface area contributed by atoms with Crippen molar-refractivity contribution < 1.29 is 9.53 Å². The molecule has 2 aromatic heterocycles. The molecule has 0 aliphatic carbocycles. The monoisotopic (exact) mass is 316 g/mol. The van der Waals surface area contributed by atoms with Gasteiger partial charge in [-0.05, 0) is 18.6 Å². The summed E-state index contributed by atoms with van der Waals surface area (Å²) in [5.41, 5.74) is 1.95. The molecule has 1 saturated heterocycles. The number of ether oxygens (including phenoxy) is 1. The molecule has 6 heteroatoms. The third-order valence-corrected chi connectivity index (χ3v) is 4.12. The van der Waals surface area contributed by atoms with E-state index < -0.39 is 0 Å². The topological polar surface area (TPSA) is 58.9 Å². The highest BCUT2D eigenvalue weighted by molar-refractivity contribution is 5.92. The van der Waals surface area contributed by atoms with Crippen molar-refractivity contribution in [3.05, 3.63) is 35.9 Å². The number of carbonyl (C=O) groups excluding carboxylic acids is 1. The average Bonchev–Trinajstić information content (AvgIpc) is 2.95. The van der Waals surface area contributed by atoms with E-state index in [-0.39, 0.29) is 5.91 Å². The third-order valence-electron chi connectivity index (χ3n) is 4.12. The number of morpholine rings is 1. The Morgan fingerprint density at radius 1 is 1.35 bits per heavy atom. The lowest BCUT2D eigenvalue weighted by Gasteiger charge is -2.25. The van der Waals surface area contributed by atoms with Crippen molar-refractivity contribution in [2.45, 2.75) is 26.3 Å². The minimum atomic E-state index is -0.104. The molecule has 0 unspecified atom stereocenters. The molecule has 0 bridgehead atoms. The molecule has 0 spiro atoms. The maximum atomic E-state index is 12.4. The van der Waals surface area contributed by atoms with Crippen molar-refractivity contribution in [2.24, 2.45) is 0 Å². The summed E-state index contributed by atoms with van der Waals surface area (Å²) in [6, 6.07) is 5.93. The van der Waals surface area contributed by atoms with Crippen molar-refractivity contribution >= 4 is 11.4 Å². The SMILES string of the molecule is CCCCNC(=O)c1nc(CN2CCOCC2)c2ccccn12. The number of aromatic nitrogens is 2. The smallest absolute Gasteiger partial charge is 0.287 e. The van der Waals surface area contributed by atoms with Crippen molar-refractivity contribution in [2.75, 3.05) is 32.8 Å². The van der Waals surface area contributed by atoms with Gasteiger partial charge in [-0.1, -0.05) is 19.4 Å². The minimum Gasteiger partial charge on any atom is -0.379 e. The first-order chi connectivity index (χ1) is 11.3. The first kappa shape index (κ1) is 16.0. The third kappa shape index (κ3) is 3.71. The van der Waals surface area contributed by atoms with E-state index in [4.69, 9.17) is 4.74 Å². The molecule has 2 aromatic rings. The quantitative estimate of drug-likeness (QED) is 0.824. The Morgan fingerprint density at radius 2 is 2.17 bits per heavy atom. The highest BCUT2D eigenvalue weighted by atomic mass is 16.5. The van der Waals surface area contributed by atoms with Crippen LogP contribution in [0, 0.1) is 0 Å². The van der Waals surface area contributed by atoms with Gasteiger partial charge in [-0.25, -0.2) is 4.98 Å². The Morgan fingerprint density at radius 3 is 2.96 bits per heavy atom. The van der Waals surface area contributed by atoms with E-state index in [0.29, 0.717) is 12.4 Å². The molecule has 0 saturated carbocycles. The van der Waals surface area contributed by atoms with Gasteiger partial charge in [0.15, 0.2) is 0 Å². The standard InChI is InChI=1S/C17H24N4O2/c1-2-3-7-18-17(22)16-19-14(13-20-9-11-23-12-10-20)15-6-4-5-8-21(15)16/h4-6,8H,2-3,7,9-13H2,1H3,(H,18,22). The molecule has 23 heavy (non-hydrogen) atoms. The average molecular weight is 316 g/mol. The van der Waals surface area contributed by atoms with E-state index in [1.165, 1.54) is 0 Å². The highest BCUT2D eigenvalue weighted by Gasteiger charge is 2.19. The fourth-order valence-electron chi connectivity index (χ4n) is 2.81. The van der Waals surface area contributed by atoms with Crippen LogP contribution >= 0.6 is 0 Å². The molecule has 6 nitrogen and oxygen atoms in total. The van der Waals surface area contributed by atoms with Crippen molar-refractivity contribution in [1.82, 2.24) is 19.6 Å². The lowest BCUT2D eigenvalue weighted by atomic mass is 10.3. The number of imidazole rings is 1. The molecule has 1 N–H and O–H groups in total. The molecule has 3 rings (SSSR count). The van der Waals surface area contributed by atoms with Gasteiger partial charge in [0.2, 0.25) is 5.82 Å². The van der Waals surface area contributed by atoms with Crippen molar-refractivity contribution in [1.29, 1.82) is 0 Å². The van der Waals surface area contributed by atoms with Crippen molar-refractivity contribution in [3.63, 3.8) is 0 Å². The molecule has 0 aromatic carbocycles. The lowest BCUT2D eigenvalue weighted by Crippen LogP contribution is -2.35. The van der Waals surface area contributed by atoms with E-state index >= 15 is 0 Å². The molecular formula is C17H24N4O2. The van der Waals surface area contributed by atoms with E-state index in [2.05, 4.69) is 22.1 Å². The molecule has 1 fully saturated rings. The van der Waals surface area contributed by atoms with E-state index in [1.807, 2.05) is 28.8 Å². The normalized spacial score (nSPS) is 15.9. The van der Waals surface area contributed by atoms with Crippen LogP contribution in [0.15, 0.2) is 24.4 Å². The van der Waals surface area contributed by atoms with E-state index in [0.717, 1.165) is 56.9 Å². The van der Waals surface area contributed by atoms with Gasteiger partial charge in [0, 0.05) is 32.4 Å². The lowest BCUT2D eigenvalue weighted by molar-refractivity contribution is 0.0338. The van der Waals surface area contributed by atoms with Crippen LogP contribution in [-0.4, -0.2) is 53.0 Å². The number of nitrogens with one attached hydrogen (secondary N) is 1. The van der Waals surface area contributed by atoms with Crippen molar-refractivity contribution in [3.8, 4) is 0 Å². The van der Waals surface area contributed by atoms with Gasteiger partial charge in [-0.2, -0.15) is 0 Å².